The molecule has 0 bridgehead atoms. The third-order valence-electron chi connectivity index (χ3n) is 4.90. The zero-order valence-electron chi connectivity index (χ0n) is 15.7. The number of halogens is 1. The fourth-order valence-electron chi connectivity index (χ4n) is 3.26. The highest BCUT2D eigenvalue weighted by Gasteiger charge is 2.38. The molecule has 0 radical (unpaired) electrons. The zero-order valence-corrected chi connectivity index (χ0v) is 18.1. The zero-order chi connectivity index (χ0) is 17.1. The van der Waals surface area contributed by atoms with E-state index in [9.17, 15) is 0 Å². The monoisotopic (exact) mass is 459 g/mol. The highest BCUT2D eigenvalue weighted by atomic mass is 127. The van der Waals surface area contributed by atoms with Crippen LogP contribution in [0.5, 0.6) is 0 Å². The summed E-state index contributed by atoms with van der Waals surface area (Å²) in [6.07, 6.45) is 7.27. The number of benzene rings is 1. The van der Waals surface area contributed by atoms with Gasteiger partial charge in [-0.05, 0) is 44.6 Å². The molecule has 0 amide bonds. The van der Waals surface area contributed by atoms with Crippen molar-refractivity contribution in [3.8, 4) is 0 Å². The minimum atomic E-state index is 0. The predicted octanol–water partition coefficient (Wildman–Crippen LogP) is 4.10. The fourth-order valence-corrected chi connectivity index (χ4v) is 3.26. The number of unbranched alkanes of at least 4 members (excludes halogenated alkanes) is 2. The van der Waals surface area contributed by atoms with Crippen LogP contribution in [0.25, 0.3) is 0 Å². The minimum Gasteiger partial charge on any atom is -0.385 e. The van der Waals surface area contributed by atoms with Crippen LogP contribution >= 0.6 is 24.0 Å². The number of hydrogen-bond donors (Lipinski definition) is 2. The lowest BCUT2D eigenvalue weighted by molar-refractivity contribution is 0.192. The lowest BCUT2D eigenvalue weighted by Crippen LogP contribution is -2.42. The first-order chi connectivity index (χ1) is 11.8. The van der Waals surface area contributed by atoms with Crippen LogP contribution in [0.2, 0.25) is 0 Å². The van der Waals surface area contributed by atoms with Crippen LogP contribution in [-0.2, 0) is 10.2 Å². The molecule has 0 atom stereocenters. The topological polar surface area (TPSA) is 45.7 Å². The van der Waals surface area contributed by atoms with Gasteiger partial charge < -0.3 is 15.4 Å². The molecule has 5 heteroatoms. The number of nitrogens with zero attached hydrogens (tertiary/aromatic N) is 1. The Kier molecular flexibility index (Phi) is 11.1. The molecule has 142 valence electrons. The van der Waals surface area contributed by atoms with Crippen LogP contribution in [0.15, 0.2) is 35.3 Å². The van der Waals surface area contributed by atoms with Crippen LogP contribution in [0.1, 0.15) is 51.0 Å². The maximum atomic E-state index is 5.09. The van der Waals surface area contributed by atoms with Crippen molar-refractivity contribution in [1.29, 1.82) is 0 Å². The van der Waals surface area contributed by atoms with Crippen molar-refractivity contribution in [3.05, 3.63) is 35.9 Å². The summed E-state index contributed by atoms with van der Waals surface area (Å²) >= 11 is 0. The number of hydrogen-bond acceptors (Lipinski definition) is 2. The Morgan fingerprint density at radius 1 is 1.12 bits per heavy atom. The Morgan fingerprint density at radius 3 is 2.48 bits per heavy atom. The summed E-state index contributed by atoms with van der Waals surface area (Å²) < 4.78 is 5.09. The van der Waals surface area contributed by atoms with E-state index in [0.29, 0.717) is 0 Å². The summed E-state index contributed by atoms with van der Waals surface area (Å²) in [5.74, 6) is 0.950. The SMILES string of the molecule is CCNC(=NCC1(c2ccccc2)CCC1)NCCCCCOC.I. The molecule has 0 spiro atoms. The van der Waals surface area contributed by atoms with E-state index in [1.54, 1.807) is 7.11 Å². The van der Waals surface area contributed by atoms with Gasteiger partial charge >= 0.3 is 0 Å². The lowest BCUT2D eigenvalue weighted by atomic mass is 9.64. The molecule has 4 nitrogen and oxygen atoms in total. The van der Waals surface area contributed by atoms with Crippen molar-refractivity contribution in [3.63, 3.8) is 0 Å². The van der Waals surface area contributed by atoms with Crippen LogP contribution in [0.3, 0.4) is 0 Å². The van der Waals surface area contributed by atoms with Crippen LogP contribution in [0.4, 0.5) is 0 Å². The van der Waals surface area contributed by atoms with Gasteiger partial charge in [0, 0.05) is 32.2 Å². The molecule has 1 aromatic rings. The molecule has 0 saturated heterocycles. The summed E-state index contributed by atoms with van der Waals surface area (Å²) in [5.41, 5.74) is 1.69. The molecule has 2 rings (SSSR count). The van der Waals surface area contributed by atoms with E-state index in [4.69, 9.17) is 9.73 Å². The van der Waals surface area contributed by atoms with Gasteiger partial charge in [0.25, 0.3) is 0 Å². The van der Waals surface area contributed by atoms with Gasteiger partial charge in [0.05, 0.1) is 6.54 Å². The second-order valence-electron chi connectivity index (χ2n) is 6.68. The standard InChI is InChI=1S/C20H33N3O.HI/c1-3-21-19(22-15-8-5-9-16-24-2)23-17-20(13-10-14-20)18-11-6-4-7-12-18;/h4,6-7,11-12H,3,5,8-10,13-17H2,1-2H3,(H2,21,22,23);1H. The van der Waals surface area contributed by atoms with Crippen molar-refractivity contribution in [1.82, 2.24) is 10.6 Å². The van der Waals surface area contributed by atoms with E-state index in [1.807, 2.05) is 0 Å². The number of methoxy groups -OCH3 is 1. The molecule has 0 unspecified atom stereocenters. The molecule has 1 aromatic carbocycles. The van der Waals surface area contributed by atoms with Crippen LogP contribution < -0.4 is 10.6 Å². The van der Waals surface area contributed by atoms with E-state index >= 15 is 0 Å². The second-order valence-corrected chi connectivity index (χ2v) is 6.68. The summed E-state index contributed by atoms with van der Waals surface area (Å²) in [6, 6.07) is 10.9. The van der Waals surface area contributed by atoms with E-state index in [-0.39, 0.29) is 29.4 Å². The average molecular weight is 459 g/mol. The largest absolute Gasteiger partial charge is 0.385 e. The van der Waals surface area contributed by atoms with E-state index < -0.39 is 0 Å². The van der Waals surface area contributed by atoms with Gasteiger partial charge in [0.2, 0.25) is 0 Å². The first kappa shape index (κ1) is 22.2. The van der Waals surface area contributed by atoms with Gasteiger partial charge in [-0.15, -0.1) is 24.0 Å². The smallest absolute Gasteiger partial charge is 0.191 e. The Balaban J connectivity index is 0.00000312. The van der Waals surface area contributed by atoms with Crippen LogP contribution in [-0.4, -0.2) is 39.3 Å². The fraction of sp³-hybridized carbons (Fsp3) is 0.650. The first-order valence-corrected chi connectivity index (χ1v) is 9.37. The van der Waals surface area contributed by atoms with Gasteiger partial charge in [-0.3, -0.25) is 4.99 Å². The van der Waals surface area contributed by atoms with Gasteiger partial charge in [-0.25, -0.2) is 0 Å². The highest BCUT2D eigenvalue weighted by Crippen LogP contribution is 2.43. The van der Waals surface area contributed by atoms with Crippen molar-refractivity contribution in [2.45, 2.75) is 50.9 Å². The molecule has 25 heavy (non-hydrogen) atoms. The molecule has 1 saturated carbocycles. The Hall–Kier alpha value is -0.820. The normalized spacial score (nSPS) is 15.8. The third-order valence-corrected chi connectivity index (χ3v) is 4.90. The molecular weight excluding hydrogens is 425 g/mol. The molecule has 1 fully saturated rings. The number of rotatable bonds is 10. The number of guanidine groups is 1. The van der Waals surface area contributed by atoms with Crippen molar-refractivity contribution < 1.29 is 4.74 Å². The predicted molar refractivity (Wildman–Crippen MR) is 117 cm³/mol. The van der Waals surface area contributed by atoms with E-state index in [2.05, 4.69) is 47.9 Å². The Labute approximate surface area is 170 Å². The third kappa shape index (κ3) is 7.13. The molecule has 0 aliphatic heterocycles. The Bertz CT molecular complexity index is 489. The Morgan fingerprint density at radius 2 is 1.88 bits per heavy atom. The average Bonchev–Trinajstić information content (AvgIpc) is 2.58. The van der Waals surface area contributed by atoms with Gasteiger partial charge in [-0.2, -0.15) is 0 Å². The van der Waals surface area contributed by atoms with E-state index in [1.165, 1.54) is 31.2 Å². The van der Waals surface area contributed by atoms with Crippen molar-refractivity contribution in [2.75, 3.05) is 33.4 Å². The summed E-state index contributed by atoms with van der Waals surface area (Å²) in [5, 5.41) is 6.84. The first-order valence-electron chi connectivity index (χ1n) is 9.37. The van der Waals surface area contributed by atoms with Crippen LogP contribution in [0, 0.1) is 0 Å². The maximum absolute atomic E-state index is 5.09. The van der Waals surface area contributed by atoms with E-state index in [0.717, 1.165) is 45.0 Å². The second kappa shape index (κ2) is 12.5. The maximum Gasteiger partial charge on any atom is 0.191 e. The quantitative estimate of drug-likeness (QED) is 0.240. The molecule has 2 N–H and O–H groups in total. The highest BCUT2D eigenvalue weighted by molar-refractivity contribution is 14.0. The number of nitrogens with one attached hydrogen (secondary N) is 2. The van der Waals surface area contributed by atoms with Crippen molar-refractivity contribution in [2.24, 2.45) is 4.99 Å². The van der Waals surface area contributed by atoms with Gasteiger partial charge in [0.15, 0.2) is 5.96 Å². The number of ether oxygens (including phenoxy) is 1. The molecular formula is C20H34IN3O. The molecule has 1 aliphatic carbocycles. The van der Waals surface area contributed by atoms with Gasteiger partial charge in [0.1, 0.15) is 0 Å². The van der Waals surface area contributed by atoms with Gasteiger partial charge in [-0.1, -0.05) is 36.8 Å². The summed E-state index contributed by atoms with van der Waals surface area (Å²) in [4.78, 5) is 4.89. The summed E-state index contributed by atoms with van der Waals surface area (Å²) in [7, 11) is 1.76. The molecule has 0 heterocycles. The molecule has 0 aromatic heterocycles. The summed E-state index contributed by atoms with van der Waals surface area (Å²) in [6.45, 7) is 5.71. The van der Waals surface area contributed by atoms with Crippen molar-refractivity contribution >= 4 is 29.9 Å². The number of aliphatic imine (C=N–C) groups is 1. The minimum absolute atomic E-state index is 0. The molecule has 1 aliphatic rings. The lowest BCUT2D eigenvalue weighted by Gasteiger charge is -2.41.